The first-order chi connectivity index (χ1) is 9.99. The quantitative estimate of drug-likeness (QED) is 0.252. The number of aromatic nitrogens is 2. The number of nitrogens with zero attached hydrogens (tertiary/aromatic N) is 3. The van der Waals surface area contributed by atoms with Gasteiger partial charge in [-0.3, -0.25) is 30.3 Å². The summed E-state index contributed by atoms with van der Waals surface area (Å²) in [6, 6.07) is 1.35. The second-order valence-corrected chi connectivity index (χ2v) is 4.13. The van der Waals surface area contributed by atoms with Crippen LogP contribution in [0.25, 0.3) is 11.0 Å². The number of nitrogens with one attached hydrogen (secondary N) is 2. The zero-order chi connectivity index (χ0) is 15.1. The molecule has 0 atom stereocenters. The minimum absolute atomic E-state index is 0. The van der Waals surface area contributed by atoms with Gasteiger partial charge in [0.2, 0.25) is 17.3 Å². The van der Waals surface area contributed by atoms with Crippen molar-refractivity contribution in [3.8, 4) is 0 Å². The second kappa shape index (κ2) is 5.79. The molecule has 0 aliphatic carbocycles. The third-order valence-electron chi connectivity index (χ3n) is 2.93. The van der Waals surface area contributed by atoms with Crippen LogP contribution >= 0.6 is 0 Å². The number of urea groups is 1. The first kappa shape index (κ1) is 16.0. The maximum atomic E-state index is 11.8. The van der Waals surface area contributed by atoms with Gasteiger partial charge in [-0.15, -0.1) is 0 Å². The van der Waals surface area contributed by atoms with Gasteiger partial charge in [0.25, 0.3) is 0 Å². The molecule has 11 nitrogen and oxygen atoms in total. The Bertz CT molecular complexity index is 803. The van der Waals surface area contributed by atoms with Gasteiger partial charge in [0, 0.05) is 11.6 Å². The number of carbonyl (C=O) groups is 3. The molecule has 3 rings (SSSR count). The van der Waals surface area contributed by atoms with Crippen LogP contribution in [0.5, 0.6) is 0 Å². The molecular formula is C10H6N5NaO6. The van der Waals surface area contributed by atoms with Gasteiger partial charge in [-0.25, -0.2) is 9.42 Å². The molecule has 2 aromatic rings. The smallest absolute Gasteiger partial charge is 1.00 e. The van der Waals surface area contributed by atoms with E-state index in [2.05, 4.69) is 14.9 Å². The summed E-state index contributed by atoms with van der Waals surface area (Å²) in [5, 5.41) is 21.6. The first-order valence-electron chi connectivity index (χ1n) is 5.54. The van der Waals surface area contributed by atoms with E-state index in [0.29, 0.717) is 0 Å². The van der Waals surface area contributed by atoms with E-state index in [4.69, 9.17) is 0 Å². The molecule has 1 aromatic heterocycles. The molecule has 12 heteroatoms. The average Bonchev–Trinajstić information content (AvgIpc) is 2.86. The predicted molar refractivity (Wildman–Crippen MR) is 64.0 cm³/mol. The summed E-state index contributed by atoms with van der Waals surface area (Å²) in [7, 11) is 0. The van der Waals surface area contributed by atoms with Crippen LogP contribution in [0.3, 0.4) is 0 Å². The molecule has 0 bridgehead atoms. The van der Waals surface area contributed by atoms with Crippen LogP contribution in [0.2, 0.25) is 0 Å². The number of nitro benzene ring substituents is 1. The summed E-state index contributed by atoms with van der Waals surface area (Å²) in [5.74, 6) is -3.10. The van der Waals surface area contributed by atoms with Crippen LogP contribution in [0.15, 0.2) is 16.8 Å². The predicted octanol–water partition coefficient (Wildman–Crippen LogP) is -3.30. The van der Waals surface area contributed by atoms with E-state index >= 15 is 0 Å². The van der Waals surface area contributed by atoms with Crippen molar-refractivity contribution in [1.29, 1.82) is 0 Å². The molecule has 1 aromatic carbocycles. The van der Waals surface area contributed by atoms with Crippen molar-refractivity contribution in [1.82, 2.24) is 20.9 Å². The van der Waals surface area contributed by atoms with Gasteiger partial charge in [-0.1, -0.05) is 0 Å². The number of imide groups is 2. The van der Waals surface area contributed by atoms with Gasteiger partial charge < -0.3 is 1.43 Å². The molecular weight excluding hydrogens is 309 g/mol. The number of amides is 4. The van der Waals surface area contributed by atoms with Crippen molar-refractivity contribution in [3.05, 3.63) is 27.8 Å². The molecule has 22 heavy (non-hydrogen) atoms. The minimum atomic E-state index is -1.38. The Morgan fingerprint density at radius 3 is 2.32 bits per heavy atom. The standard InChI is InChI=1S/C10H5N5O6.Na.H/c16-8-5(9(17)12-10(18)11-8)3-1-2-4(15(19)20)7-6(3)13-21-14-7;;/h1-2,5H,(H2,11,12,16,17,18);;/q;+1;-1. The number of non-ortho nitro benzene ring substituents is 1. The van der Waals surface area contributed by atoms with Gasteiger partial charge in [-0.2, -0.15) is 0 Å². The zero-order valence-electron chi connectivity index (χ0n) is 12.0. The summed E-state index contributed by atoms with van der Waals surface area (Å²) < 4.78 is 4.44. The van der Waals surface area contributed by atoms with Gasteiger partial charge >= 0.3 is 41.3 Å². The molecule has 1 fully saturated rings. The molecule has 0 spiro atoms. The molecule has 1 aliphatic heterocycles. The number of barbiturate groups is 1. The van der Waals surface area contributed by atoms with Crippen LogP contribution in [-0.2, 0) is 9.59 Å². The van der Waals surface area contributed by atoms with Crippen molar-refractivity contribution < 1.29 is 54.9 Å². The van der Waals surface area contributed by atoms with Crippen molar-refractivity contribution >= 4 is 34.6 Å². The summed E-state index contributed by atoms with van der Waals surface area (Å²) in [5.41, 5.74) is -0.592. The number of hydrogen-bond acceptors (Lipinski definition) is 8. The number of fused-ring (bicyclic) bond motifs is 1. The van der Waals surface area contributed by atoms with E-state index < -0.39 is 28.7 Å². The number of carbonyl (C=O) groups excluding carboxylic acids is 3. The van der Waals surface area contributed by atoms with E-state index in [0.717, 1.165) is 6.07 Å². The van der Waals surface area contributed by atoms with E-state index in [9.17, 15) is 24.5 Å². The van der Waals surface area contributed by atoms with E-state index in [1.54, 1.807) is 0 Å². The van der Waals surface area contributed by atoms with Gasteiger partial charge in [0.15, 0.2) is 0 Å². The Labute approximate surface area is 144 Å². The van der Waals surface area contributed by atoms with E-state index in [-0.39, 0.29) is 53.3 Å². The van der Waals surface area contributed by atoms with Crippen molar-refractivity contribution in [2.45, 2.75) is 5.92 Å². The maximum absolute atomic E-state index is 11.8. The fourth-order valence-electron chi connectivity index (χ4n) is 2.05. The number of nitro groups is 1. The SMILES string of the molecule is O=C1NC(=O)C(c2ccc([N+](=O)[O-])c3nonc23)C(=O)N1.[H-].[Na+]. The number of benzene rings is 1. The Morgan fingerprint density at radius 2 is 1.73 bits per heavy atom. The molecule has 108 valence electrons. The zero-order valence-corrected chi connectivity index (χ0v) is 13.0. The summed E-state index contributed by atoms with van der Waals surface area (Å²) in [4.78, 5) is 44.8. The van der Waals surface area contributed by atoms with Crippen LogP contribution in [0.4, 0.5) is 10.5 Å². The van der Waals surface area contributed by atoms with E-state index in [1.807, 2.05) is 10.6 Å². The third-order valence-corrected chi connectivity index (χ3v) is 2.93. The maximum Gasteiger partial charge on any atom is 1.00 e. The van der Waals surface area contributed by atoms with Crippen LogP contribution < -0.4 is 40.2 Å². The number of rotatable bonds is 2. The van der Waals surface area contributed by atoms with Gasteiger partial charge in [-0.05, 0) is 16.4 Å². The molecule has 0 radical (unpaired) electrons. The first-order valence-corrected chi connectivity index (χ1v) is 5.54. The Morgan fingerprint density at radius 1 is 1.14 bits per heavy atom. The summed E-state index contributed by atoms with van der Waals surface area (Å²) in [6.07, 6.45) is 0. The molecule has 1 saturated heterocycles. The average molecular weight is 315 g/mol. The Hall–Kier alpha value is -2.37. The molecule has 2 heterocycles. The third kappa shape index (κ3) is 2.45. The van der Waals surface area contributed by atoms with Crippen LogP contribution in [0, 0.1) is 10.1 Å². The summed E-state index contributed by atoms with van der Waals surface area (Å²) >= 11 is 0. The van der Waals surface area contributed by atoms with Crippen LogP contribution in [-0.4, -0.2) is 33.1 Å². The molecule has 0 unspecified atom stereocenters. The van der Waals surface area contributed by atoms with Gasteiger partial charge in [0.05, 0.1) is 4.92 Å². The largest absolute Gasteiger partial charge is 1.00 e. The molecule has 2 N–H and O–H groups in total. The normalized spacial score (nSPS) is 15.2. The second-order valence-electron chi connectivity index (χ2n) is 4.13. The number of hydrogen-bond donors (Lipinski definition) is 2. The molecule has 4 amide bonds. The molecule has 0 saturated carbocycles. The van der Waals surface area contributed by atoms with Crippen molar-refractivity contribution in [2.75, 3.05) is 0 Å². The monoisotopic (exact) mass is 315 g/mol. The van der Waals surface area contributed by atoms with E-state index in [1.165, 1.54) is 6.07 Å². The Kier molecular flexibility index (Phi) is 4.21. The fraction of sp³-hybridized carbons (Fsp3) is 0.100. The minimum Gasteiger partial charge on any atom is -1.00 e. The van der Waals surface area contributed by atoms with Crippen molar-refractivity contribution in [3.63, 3.8) is 0 Å². The summed E-state index contributed by atoms with van der Waals surface area (Å²) in [6.45, 7) is 0. The Balaban J connectivity index is 0.00000132. The van der Waals surface area contributed by atoms with Crippen LogP contribution in [0.1, 0.15) is 12.9 Å². The fourth-order valence-corrected chi connectivity index (χ4v) is 2.05. The van der Waals surface area contributed by atoms with Crippen molar-refractivity contribution in [2.24, 2.45) is 0 Å². The topological polar surface area (TPSA) is 157 Å². The molecule has 1 aliphatic rings. The van der Waals surface area contributed by atoms with Gasteiger partial charge in [0.1, 0.15) is 11.4 Å².